The minimum Gasteiger partial charge on any atom is -0.398 e. The highest BCUT2D eigenvalue weighted by Gasteiger charge is 2.56. The zero-order valence-corrected chi connectivity index (χ0v) is 9.85. The summed E-state index contributed by atoms with van der Waals surface area (Å²) in [7, 11) is 0. The molecule has 0 amide bonds. The maximum absolute atomic E-state index is 13.4. The van der Waals surface area contributed by atoms with E-state index in [-0.39, 0.29) is 16.8 Å². The Morgan fingerprint density at radius 1 is 0.842 bits per heavy atom. The minimum absolute atomic E-state index is 0.105. The Hall–Kier alpha value is -2.01. The number of para-hydroxylation sites is 1. The Bertz CT molecular complexity index is 568. The van der Waals surface area contributed by atoms with E-state index >= 15 is 0 Å². The molecule has 2 nitrogen and oxygen atoms in total. The van der Waals surface area contributed by atoms with Crippen LogP contribution in [0.4, 0.5) is 18.9 Å². The highest BCUT2D eigenvalue weighted by Crippen LogP contribution is 2.45. The average Bonchev–Trinajstić information content (AvgIpc) is 2.38. The Balaban J connectivity index is 2.71. The van der Waals surface area contributed by atoms with Crippen molar-refractivity contribution < 1.29 is 18.3 Å². The molecule has 0 aliphatic rings. The summed E-state index contributed by atoms with van der Waals surface area (Å²) in [6.07, 6.45) is -4.87. The second-order valence-corrected chi connectivity index (χ2v) is 4.16. The fourth-order valence-corrected chi connectivity index (χ4v) is 1.98. The van der Waals surface area contributed by atoms with Crippen molar-refractivity contribution >= 4 is 5.69 Å². The second kappa shape index (κ2) is 4.59. The van der Waals surface area contributed by atoms with E-state index in [0.29, 0.717) is 0 Å². The van der Waals surface area contributed by atoms with Crippen LogP contribution < -0.4 is 5.73 Å². The standard InChI is InChI=1S/C14H12F3NO/c15-14(16,17)13(19,10-6-2-1-3-7-10)11-8-4-5-9-12(11)18/h1-9,19H,18H2. The topological polar surface area (TPSA) is 46.2 Å². The molecule has 0 heterocycles. The average molecular weight is 267 g/mol. The lowest BCUT2D eigenvalue weighted by Gasteiger charge is -2.32. The van der Waals surface area contributed by atoms with Gasteiger partial charge in [-0.2, -0.15) is 13.2 Å². The molecule has 2 aromatic rings. The molecule has 0 saturated heterocycles. The molecule has 0 bridgehead atoms. The number of halogens is 3. The van der Waals surface area contributed by atoms with Crippen molar-refractivity contribution in [1.29, 1.82) is 0 Å². The van der Waals surface area contributed by atoms with Crippen LogP contribution in [-0.4, -0.2) is 11.3 Å². The monoisotopic (exact) mass is 267 g/mol. The summed E-state index contributed by atoms with van der Waals surface area (Å²) in [5.41, 5.74) is 1.73. The SMILES string of the molecule is Nc1ccccc1C(O)(c1ccccc1)C(F)(F)F. The van der Waals surface area contributed by atoms with Gasteiger partial charge in [0.1, 0.15) is 0 Å². The Morgan fingerprint density at radius 2 is 1.37 bits per heavy atom. The molecule has 1 unspecified atom stereocenters. The van der Waals surface area contributed by atoms with E-state index in [0.717, 1.165) is 0 Å². The van der Waals surface area contributed by atoms with Crippen LogP contribution in [0.3, 0.4) is 0 Å². The van der Waals surface area contributed by atoms with Crippen LogP contribution in [0.15, 0.2) is 54.6 Å². The lowest BCUT2D eigenvalue weighted by molar-refractivity contribution is -0.248. The minimum atomic E-state index is -4.87. The molecule has 19 heavy (non-hydrogen) atoms. The number of hydrogen-bond acceptors (Lipinski definition) is 2. The van der Waals surface area contributed by atoms with E-state index in [4.69, 9.17) is 5.73 Å². The number of nitrogens with two attached hydrogens (primary N) is 1. The highest BCUT2D eigenvalue weighted by molar-refractivity contribution is 5.54. The number of rotatable bonds is 2. The fraction of sp³-hybridized carbons (Fsp3) is 0.143. The summed E-state index contributed by atoms with van der Waals surface area (Å²) < 4.78 is 40.1. The molecule has 0 saturated carbocycles. The van der Waals surface area contributed by atoms with Gasteiger partial charge in [0.2, 0.25) is 5.60 Å². The van der Waals surface area contributed by atoms with E-state index < -0.39 is 11.8 Å². The van der Waals surface area contributed by atoms with Crippen LogP contribution in [0, 0.1) is 0 Å². The van der Waals surface area contributed by atoms with Crippen molar-refractivity contribution in [3.63, 3.8) is 0 Å². The normalized spacial score (nSPS) is 14.9. The first kappa shape index (κ1) is 13.4. The molecule has 2 aromatic carbocycles. The van der Waals surface area contributed by atoms with Gasteiger partial charge in [0, 0.05) is 11.3 Å². The Morgan fingerprint density at radius 3 is 1.89 bits per heavy atom. The van der Waals surface area contributed by atoms with Gasteiger partial charge in [0.15, 0.2) is 0 Å². The molecular formula is C14H12F3NO. The molecular weight excluding hydrogens is 255 g/mol. The first-order valence-corrected chi connectivity index (χ1v) is 5.57. The van der Waals surface area contributed by atoms with Gasteiger partial charge < -0.3 is 10.8 Å². The van der Waals surface area contributed by atoms with Gasteiger partial charge in [-0.05, 0) is 11.6 Å². The molecule has 0 aromatic heterocycles. The smallest absolute Gasteiger partial charge is 0.398 e. The molecule has 3 N–H and O–H groups in total. The molecule has 0 aliphatic heterocycles. The fourth-order valence-electron chi connectivity index (χ4n) is 1.98. The summed E-state index contributed by atoms with van der Waals surface area (Å²) in [6, 6.07) is 12.3. The van der Waals surface area contributed by atoms with E-state index in [1.54, 1.807) is 6.07 Å². The Labute approximate surface area is 108 Å². The van der Waals surface area contributed by atoms with Gasteiger partial charge in [0.25, 0.3) is 0 Å². The zero-order valence-electron chi connectivity index (χ0n) is 9.85. The number of nitrogen functional groups attached to an aromatic ring is 1. The lowest BCUT2D eigenvalue weighted by atomic mass is 9.85. The maximum atomic E-state index is 13.4. The van der Waals surface area contributed by atoms with E-state index in [1.165, 1.54) is 48.5 Å². The lowest BCUT2D eigenvalue weighted by Crippen LogP contribution is -2.43. The first-order chi connectivity index (χ1) is 8.87. The first-order valence-electron chi connectivity index (χ1n) is 5.57. The van der Waals surface area contributed by atoms with E-state index in [9.17, 15) is 18.3 Å². The van der Waals surface area contributed by atoms with Crippen molar-refractivity contribution in [3.05, 3.63) is 65.7 Å². The molecule has 0 radical (unpaired) electrons. The van der Waals surface area contributed by atoms with Crippen LogP contribution in [0.5, 0.6) is 0 Å². The number of anilines is 1. The largest absolute Gasteiger partial charge is 0.425 e. The molecule has 0 aliphatic carbocycles. The van der Waals surface area contributed by atoms with Crippen LogP contribution in [0.1, 0.15) is 11.1 Å². The molecule has 5 heteroatoms. The van der Waals surface area contributed by atoms with Gasteiger partial charge >= 0.3 is 6.18 Å². The van der Waals surface area contributed by atoms with Gasteiger partial charge in [-0.3, -0.25) is 0 Å². The van der Waals surface area contributed by atoms with Crippen molar-refractivity contribution in [2.24, 2.45) is 0 Å². The summed E-state index contributed by atoms with van der Waals surface area (Å²) in [4.78, 5) is 0. The molecule has 2 rings (SSSR count). The summed E-state index contributed by atoms with van der Waals surface area (Å²) in [5.74, 6) is 0. The van der Waals surface area contributed by atoms with Crippen molar-refractivity contribution in [3.8, 4) is 0 Å². The quantitative estimate of drug-likeness (QED) is 0.821. The summed E-state index contributed by atoms with van der Waals surface area (Å²) in [6.45, 7) is 0. The maximum Gasteiger partial charge on any atom is 0.425 e. The number of alkyl halides is 3. The molecule has 1 atom stereocenters. The predicted octanol–water partition coefficient (Wildman–Crippen LogP) is 3.07. The highest BCUT2D eigenvalue weighted by atomic mass is 19.4. The van der Waals surface area contributed by atoms with Gasteiger partial charge in [-0.1, -0.05) is 48.5 Å². The molecule has 0 spiro atoms. The van der Waals surface area contributed by atoms with Crippen LogP contribution in [-0.2, 0) is 5.60 Å². The van der Waals surface area contributed by atoms with Gasteiger partial charge in [-0.25, -0.2) is 0 Å². The Kier molecular flexibility index (Phi) is 3.24. The summed E-state index contributed by atoms with van der Waals surface area (Å²) in [5, 5.41) is 10.3. The van der Waals surface area contributed by atoms with E-state index in [1.807, 2.05) is 0 Å². The van der Waals surface area contributed by atoms with E-state index in [2.05, 4.69) is 0 Å². The predicted molar refractivity (Wildman–Crippen MR) is 66.4 cm³/mol. The number of benzene rings is 2. The number of aliphatic hydroxyl groups is 1. The third kappa shape index (κ3) is 2.17. The van der Waals surface area contributed by atoms with Gasteiger partial charge in [-0.15, -0.1) is 0 Å². The molecule has 100 valence electrons. The zero-order chi connectivity index (χ0) is 14.1. The van der Waals surface area contributed by atoms with Gasteiger partial charge in [0.05, 0.1) is 0 Å². The number of hydrogen-bond donors (Lipinski definition) is 2. The summed E-state index contributed by atoms with van der Waals surface area (Å²) >= 11 is 0. The molecule has 0 fully saturated rings. The third-order valence-electron chi connectivity index (χ3n) is 2.95. The van der Waals surface area contributed by atoms with Crippen molar-refractivity contribution in [2.45, 2.75) is 11.8 Å². The van der Waals surface area contributed by atoms with Crippen LogP contribution in [0.25, 0.3) is 0 Å². The van der Waals surface area contributed by atoms with Crippen LogP contribution in [0.2, 0.25) is 0 Å². The van der Waals surface area contributed by atoms with Crippen LogP contribution >= 0.6 is 0 Å². The van der Waals surface area contributed by atoms with Crippen molar-refractivity contribution in [2.75, 3.05) is 5.73 Å². The third-order valence-corrected chi connectivity index (χ3v) is 2.95. The van der Waals surface area contributed by atoms with Crippen molar-refractivity contribution in [1.82, 2.24) is 0 Å². The second-order valence-electron chi connectivity index (χ2n) is 4.16.